The van der Waals surface area contributed by atoms with E-state index in [0.717, 1.165) is 6.07 Å². The van der Waals surface area contributed by atoms with E-state index in [-0.39, 0.29) is 11.4 Å². The second kappa shape index (κ2) is 4.10. The highest BCUT2D eigenvalue weighted by atomic mass is 32.1. The van der Waals surface area contributed by atoms with Gasteiger partial charge in [0.1, 0.15) is 10.9 Å². The molecule has 2 aromatic rings. The molecule has 0 aliphatic rings. The summed E-state index contributed by atoms with van der Waals surface area (Å²) < 4.78 is 40.0. The second-order valence-corrected chi connectivity index (χ2v) is 4.04. The van der Waals surface area contributed by atoms with Crippen LogP contribution in [0.25, 0.3) is 11.4 Å². The number of alkyl halides is 3. The molecule has 1 heterocycles. The number of hydrogen-bond donors (Lipinski definition) is 1. The van der Waals surface area contributed by atoms with E-state index in [1.165, 1.54) is 16.7 Å². The molecule has 6 heteroatoms. The molecule has 17 heavy (non-hydrogen) atoms. The summed E-state index contributed by atoms with van der Waals surface area (Å²) in [6, 6.07) is 5.36. The average Bonchev–Trinajstić information content (AvgIpc) is 2.56. The van der Waals surface area contributed by atoms with Gasteiger partial charge in [-0.1, -0.05) is 18.2 Å². The van der Waals surface area contributed by atoms with Crippen molar-refractivity contribution in [2.45, 2.75) is 11.2 Å². The van der Waals surface area contributed by atoms with E-state index in [1.54, 1.807) is 19.3 Å². The molecule has 0 atom stereocenters. The average molecular weight is 258 g/mol. The Labute approximate surface area is 102 Å². The highest BCUT2D eigenvalue weighted by molar-refractivity contribution is 7.80. The van der Waals surface area contributed by atoms with E-state index < -0.39 is 11.7 Å². The molecule has 0 fully saturated rings. The lowest BCUT2D eigenvalue weighted by atomic mass is 10.1. The summed E-state index contributed by atoms with van der Waals surface area (Å²) in [5.41, 5.74) is -0.634. The van der Waals surface area contributed by atoms with Crippen LogP contribution < -0.4 is 0 Å². The van der Waals surface area contributed by atoms with Crippen LogP contribution in [0.5, 0.6) is 0 Å². The van der Waals surface area contributed by atoms with Crippen molar-refractivity contribution in [3.8, 4) is 11.4 Å². The molecule has 0 saturated heterocycles. The first kappa shape index (κ1) is 12.0. The number of aryl methyl sites for hydroxylation is 1. The van der Waals surface area contributed by atoms with E-state index >= 15 is 0 Å². The van der Waals surface area contributed by atoms with E-state index in [0.29, 0.717) is 5.03 Å². The Kier molecular flexibility index (Phi) is 2.91. The van der Waals surface area contributed by atoms with Gasteiger partial charge in [0, 0.05) is 18.8 Å². The molecule has 1 aromatic heterocycles. The maximum absolute atomic E-state index is 12.8. The molecule has 0 saturated carbocycles. The second-order valence-electron chi connectivity index (χ2n) is 3.58. The highest BCUT2D eigenvalue weighted by Gasteiger charge is 2.34. The fourth-order valence-corrected chi connectivity index (χ4v) is 1.89. The van der Waals surface area contributed by atoms with Crippen molar-refractivity contribution in [3.05, 3.63) is 36.0 Å². The van der Waals surface area contributed by atoms with Gasteiger partial charge in [0.2, 0.25) is 0 Å². The largest absolute Gasteiger partial charge is 0.417 e. The molecule has 0 amide bonds. The first-order chi connectivity index (χ1) is 7.89. The molecule has 0 N–H and O–H groups in total. The summed E-state index contributed by atoms with van der Waals surface area (Å²) in [7, 11) is 1.63. The van der Waals surface area contributed by atoms with Crippen molar-refractivity contribution < 1.29 is 13.2 Å². The monoisotopic (exact) mass is 258 g/mol. The van der Waals surface area contributed by atoms with E-state index in [2.05, 4.69) is 17.6 Å². The summed E-state index contributed by atoms with van der Waals surface area (Å²) in [5, 5.41) is 0.388. The van der Waals surface area contributed by atoms with Gasteiger partial charge in [-0.3, -0.25) is 0 Å². The summed E-state index contributed by atoms with van der Waals surface area (Å²) in [4.78, 5) is 3.98. The molecule has 0 aliphatic heterocycles. The summed E-state index contributed by atoms with van der Waals surface area (Å²) >= 11 is 4.02. The predicted molar refractivity (Wildman–Crippen MR) is 60.9 cm³/mol. The molecule has 90 valence electrons. The Bertz CT molecular complexity index is 546. The van der Waals surface area contributed by atoms with Crippen LogP contribution in [0.4, 0.5) is 13.2 Å². The van der Waals surface area contributed by atoms with Crippen LogP contribution in [0.1, 0.15) is 5.56 Å². The third kappa shape index (κ3) is 2.31. The lowest BCUT2D eigenvalue weighted by Gasteiger charge is -2.12. The van der Waals surface area contributed by atoms with Crippen LogP contribution in [0, 0.1) is 0 Å². The Morgan fingerprint density at radius 2 is 1.88 bits per heavy atom. The van der Waals surface area contributed by atoms with Gasteiger partial charge in [-0.05, 0) is 6.07 Å². The van der Waals surface area contributed by atoms with Gasteiger partial charge in [0.15, 0.2) is 0 Å². The molecule has 1 aromatic carbocycles. The lowest BCUT2D eigenvalue weighted by Crippen LogP contribution is -2.08. The normalized spacial score (nSPS) is 11.8. The summed E-state index contributed by atoms with van der Waals surface area (Å²) in [6.45, 7) is 0. The number of thiol groups is 1. The Hall–Kier alpha value is -1.43. The standard InChI is InChI=1S/C11H9F3N2S/c1-16-6-9(17)15-10(16)7-4-2-3-5-8(7)11(12,13)14/h2-6,17H,1H3. The van der Waals surface area contributed by atoms with Gasteiger partial charge >= 0.3 is 6.18 Å². The summed E-state index contributed by atoms with van der Waals surface area (Å²) in [6.07, 6.45) is -2.83. The number of rotatable bonds is 1. The third-order valence-corrected chi connectivity index (χ3v) is 2.55. The predicted octanol–water partition coefficient (Wildman–Crippen LogP) is 3.39. The number of nitrogens with zero attached hydrogens (tertiary/aromatic N) is 2. The van der Waals surface area contributed by atoms with Crippen molar-refractivity contribution in [1.82, 2.24) is 9.55 Å². The van der Waals surface area contributed by atoms with Crippen molar-refractivity contribution >= 4 is 12.6 Å². The van der Waals surface area contributed by atoms with Crippen molar-refractivity contribution in [1.29, 1.82) is 0 Å². The van der Waals surface area contributed by atoms with Gasteiger partial charge in [-0.15, -0.1) is 12.6 Å². The van der Waals surface area contributed by atoms with Crippen LogP contribution in [0.2, 0.25) is 0 Å². The van der Waals surface area contributed by atoms with Crippen LogP contribution in [-0.2, 0) is 13.2 Å². The first-order valence-electron chi connectivity index (χ1n) is 4.78. The molecule has 2 rings (SSSR count). The maximum atomic E-state index is 12.8. The van der Waals surface area contributed by atoms with Gasteiger partial charge in [0.25, 0.3) is 0 Å². The molecule has 0 aliphatic carbocycles. The molecular formula is C11H9F3N2S. The van der Waals surface area contributed by atoms with E-state index in [1.807, 2.05) is 0 Å². The van der Waals surface area contributed by atoms with Crippen LogP contribution in [0.3, 0.4) is 0 Å². The zero-order chi connectivity index (χ0) is 12.6. The molecular weight excluding hydrogens is 249 g/mol. The van der Waals surface area contributed by atoms with Crippen molar-refractivity contribution in [2.75, 3.05) is 0 Å². The number of imidazole rings is 1. The quantitative estimate of drug-likeness (QED) is 0.776. The smallest absolute Gasteiger partial charge is 0.333 e. The molecule has 2 nitrogen and oxygen atoms in total. The zero-order valence-corrected chi connectivity index (χ0v) is 9.76. The van der Waals surface area contributed by atoms with Crippen molar-refractivity contribution in [3.63, 3.8) is 0 Å². The van der Waals surface area contributed by atoms with Crippen LogP contribution >= 0.6 is 12.6 Å². The number of hydrogen-bond acceptors (Lipinski definition) is 2. The van der Waals surface area contributed by atoms with Gasteiger partial charge in [-0.25, -0.2) is 4.98 Å². The van der Waals surface area contributed by atoms with Gasteiger partial charge < -0.3 is 4.57 Å². The minimum absolute atomic E-state index is 0.0581. The highest BCUT2D eigenvalue weighted by Crippen LogP contribution is 2.36. The molecule has 0 bridgehead atoms. The Morgan fingerprint density at radius 3 is 2.41 bits per heavy atom. The van der Waals surface area contributed by atoms with Crippen molar-refractivity contribution in [2.24, 2.45) is 7.05 Å². The van der Waals surface area contributed by atoms with Crippen LogP contribution in [0.15, 0.2) is 35.5 Å². The SMILES string of the molecule is Cn1cc(S)nc1-c1ccccc1C(F)(F)F. The minimum Gasteiger partial charge on any atom is -0.333 e. The van der Waals surface area contributed by atoms with Crippen LogP contribution in [-0.4, -0.2) is 9.55 Å². The Balaban J connectivity index is 2.64. The van der Waals surface area contributed by atoms with Gasteiger partial charge in [-0.2, -0.15) is 13.2 Å². The topological polar surface area (TPSA) is 17.8 Å². The fraction of sp³-hybridized carbons (Fsp3) is 0.182. The van der Waals surface area contributed by atoms with E-state index in [4.69, 9.17) is 0 Å². The number of aromatic nitrogens is 2. The fourth-order valence-electron chi connectivity index (χ4n) is 1.63. The van der Waals surface area contributed by atoms with Gasteiger partial charge in [0.05, 0.1) is 5.56 Å². The first-order valence-corrected chi connectivity index (χ1v) is 5.23. The molecule has 0 radical (unpaired) electrons. The third-order valence-electron chi connectivity index (χ3n) is 2.34. The number of benzene rings is 1. The zero-order valence-electron chi connectivity index (χ0n) is 8.86. The van der Waals surface area contributed by atoms with E-state index in [9.17, 15) is 13.2 Å². The maximum Gasteiger partial charge on any atom is 0.417 e. The molecule has 0 unspecified atom stereocenters. The lowest BCUT2D eigenvalue weighted by molar-refractivity contribution is -0.137. The Morgan fingerprint density at radius 1 is 1.24 bits per heavy atom. The minimum atomic E-state index is -4.39. The number of halogens is 3. The molecule has 0 spiro atoms. The summed E-state index contributed by atoms with van der Waals surface area (Å²) in [5.74, 6) is 0.253.